The van der Waals surface area contributed by atoms with Crippen molar-refractivity contribution in [3.63, 3.8) is 0 Å². The first kappa shape index (κ1) is 7.17. The maximum atomic E-state index is 10.0. The molecule has 0 heterocycles. The van der Waals surface area contributed by atoms with Crippen LogP contribution in [0.1, 0.15) is 13.3 Å². The first-order valence-corrected chi connectivity index (χ1v) is 2.33. The summed E-state index contributed by atoms with van der Waals surface area (Å²) in [5.74, 6) is -0.730. The van der Waals surface area contributed by atoms with Crippen molar-refractivity contribution in [2.24, 2.45) is 0 Å². The van der Waals surface area contributed by atoms with E-state index in [4.69, 9.17) is 5.26 Å². The molecule has 0 spiro atoms. The summed E-state index contributed by atoms with van der Waals surface area (Å²) in [6, 6.07) is 0. The third-order valence-corrected chi connectivity index (χ3v) is 0.580. The molecule has 0 aliphatic heterocycles. The predicted octanol–water partition coefficient (Wildman–Crippen LogP) is 0.969. The Morgan fingerprint density at radius 2 is 2.50 bits per heavy atom. The second kappa shape index (κ2) is 4.33. The lowest BCUT2D eigenvalue weighted by Crippen LogP contribution is -1.93. The molecule has 0 aromatic rings. The fourth-order valence-corrected chi connectivity index (χ4v) is 0.245. The molecule has 0 aromatic carbocycles. The highest BCUT2D eigenvalue weighted by atomic mass is 17.1. The van der Waals surface area contributed by atoms with Gasteiger partial charge in [-0.25, -0.2) is 4.79 Å². The molecule has 0 bridgehead atoms. The molecule has 0 aliphatic carbocycles. The van der Waals surface area contributed by atoms with Gasteiger partial charge < -0.3 is 0 Å². The van der Waals surface area contributed by atoms with E-state index in [2.05, 4.69) is 4.89 Å². The molecule has 46 valence electrons. The van der Waals surface area contributed by atoms with E-state index in [0.717, 1.165) is 6.42 Å². The standard InChI is InChI=1S/C5H8O3/c1-2-3-4-5(6)8-7/h3-4,7H,2H2,1H3. The number of rotatable bonds is 2. The van der Waals surface area contributed by atoms with Crippen LogP contribution in [0.25, 0.3) is 0 Å². The Hall–Kier alpha value is -0.830. The SMILES string of the molecule is CCC=CC(=O)OO. The van der Waals surface area contributed by atoms with E-state index < -0.39 is 5.97 Å². The van der Waals surface area contributed by atoms with Gasteiger partial charge in [-0.05, 0) is 6.42 Å². The van der Waals surface area contributed by atoms with Crippen molar-refractivity contribution in [1.82, 2.24) is 0 Å². The zero-order valence-corrected chi connectivity index (χ0v) is 4.63. The molecule has 0 fully saturated rings. The smallest absolute Gasteiger partial charge is 0.296 e. The van der Waals surface area contributed by atoms with Gasteiger partial charge in [0.05, 0.1) is 0 Å². The molecule has 0 radical (unpaired) electrons. The number of carbonyl (C=O) groups excluding carboxylic acids is 1. The maximum Gasteiger partial charge on any atom is 0.365 e. The quantitative estimate of drug-likeness (QED) is 0.332. The number of hydrogen-bond donors (Lipinski definition) is 1. The molecule has 1 N–H and O–H groups in total. The molecule has 0 saturated heterocycles. The summed E-state index contributed by atoms with van der Waals surface area (Å²) in [5.41, 5.74) is 0. The van der Waals surface area contributed by atoms with Crippen molar-refractivity contribution in [2.45, 2.75) is 13.3 Å². The summed E-state index contributed by atoms with van der Waals surface area (Å²) in [6.07, 6.45) is 3.52. The van der Waals surface area contributed by atoms with Crippen molar-refractivity contribution < 1.29 is 14.9 Å². The third kappa shape index (κ3) is 3.36. The molecule has 0 rings (SSSR count). The van der Waals surface area contributed by atoms with E-state index in [9.17, 15) is 4.79 Å². The monoisotopic (exact) mass is 116 g/mol. The average molecular weight is 116 g/mol. The Labute approximate surface area is 47.5 Å². The van der Waals surface area contributed by atoms with Gasteiger partial charge in [-0.15, -0.1) is 0 Å². The average Bonchev–Trinajstić information content (AvgIpc) is 1.83. The maximum absolute atomic E-state index is 10.0. The summed E-state index contributed by atoms with van der Waals surface area (Å²) in [6.45, 7) is 1.88. The minimum absolute atomic E-state index is 0.730. The van der Waals surface area contributed by atoms with Gasteiger partial charge in [0.1, 0.15) is 0 Å². The van der Waals surface area contributed by atoms with Gasteiger partial charge in [-0.1, -0.05) is 13.0 Å². The van der Waals surface area contributed by atoms with Crippen LogP contribution in [0.3, 0.4) is 0 Å². The third-order valence-electron chi connectivity index (χ3n) is 0.580. The first-order valence-electron chi connectivity index (χ1n) is 2.33. The van der Waals surface area contributed by atoms with Crippen LogP contribution in [0.4, 0.5) is 0 Å². The molecule has 0 unspecified atom stereocenters. The van der Waals surface area contributed by atoms with Crippen molar-refractivity contribution in [3.8, 4) is 0 Å². The van der Waals surface area contributed by atoms with E-state index in [-0.39, 0.29) is 0 Å². The fourth-order valence-electron chi connectivity index (χ4n) is 0.245. The topological polar surface area (TPSA) is 46.5 Å². The van der Waals surface area contributed by atoms with Crippen LogP contribution in [0, 0.1) is 0 Å². The van der Waals surface area contributed by atoms with Gasteiger partial charge in [-0.2, -0.15) is 5.26 Å². The highest BCUT2D eigenvalue weighted by Gasteiger charge is 1.88. The van der Waals surface area contributed by atoms with Gasteiger partial charge in [0.2, 0.25) is 0 Å². The highest BCUT2D eigenvalue weighted by Crippen LogP contribution is 1.80. The van der Waals surface area contributed by atoms with Crippen molar-refractivity contribution in [2.75, 3.05) is 0 Å². The second-order valence-corrected chi connectivity index (χ2v) is 1.22. The summed E-state index contributed by atoms with van der Waals surface area (Å²) < 4.78 is 0. The summed E-state index contributed by atoms with van der Waals surface area (Å²) >= 11 is 0. The van der Waals surface area contributed by atoms with Gasteiger partial charge >= 0.3 is 5.97 Å². The van der Waals surface area contributed by atoms with Crippen LogP contribution in [0.5, 0.6) is 0 Å². The lowest BCUT2D eigenvalue weighted by molar-refractivity contribution is -0.228. The highest BCUT2D eigenvalue weighted by molar-refractivity contribution is 5.81. The molecular formula is C5H8O3. The molecule has 0 amide bonds. The molecule has 8 heavy (non-hydrogen) atoms. The van der Waals surface area contributed by atoms with E-state index in [1.54, 1.807) is 6.08 Å². The van der Waals surface area contributed by atoms with Crippen LogP contribution in [0.2, 0.25) is 0 Å². The zero-order chi connectivity index (χ0) is 6.41. The van der Waals surface area contributed by atoms with Crippen LogP contribution in [-0.2, 0) is 9.68 Å². The van der Waals surface area contributed by atoms with Crippen molar-refractivity contribution >= 4 is 5.97 Å². The number of allylic oxidation sites excluding steroid dienone is 1. The summed E-state index contributed by atoms with van der Waals surface area (Å²) in [5, 5.41) is 7.66. The van der Waals surface area contributed by atoms with Crippen LogP contribution in [-0.4, -0.2) is 11.2 Å². The normalized spacial score (nSPS) is 9.75. The number of hydrogen-bond acceptors (Lipinski definition) is 3. The van der Waals surface area contributed by atoms with Crippen LogP contribution >= 0.6 is 0 Å². The van der Waals surface area contributed by atoms with Gasteiger partial charge in [-0.3, -0.25) is 4.89 Å². The molecule has 0 aromatic heterocycles. The lowest BCUT2D eigenvalue weighted by atomic mass is 10.4. The molecule has 0 saturated carbocycles. The van der Waals surface area contributed by atoms with E-state index in [1.165, 1.54) is 6.08 Å². The number of carbonyl (C=O) groups is 1. The van der Waals surface area contributed by atoms with Crippen LogP contribution < -0.4 is 0 Å². The zero-order valence-electron chi connectivity index (χ0n) is 4.63. The predicted molar refractivity (Wildman–Crippen MR) is 28.2 cm³/mol. The van der Waals surface area contributed by atoms with E-state index >= 15 is 0 Å². The Balaban J connectivity index is 3.37. The second-order valence-electron chi connectivity index (χ2n) is 1.22. The summed E-state index contributed by atoms with van der Waals surface area (Å²) in [7, 11) is 0. The fraction of sp³-hybridized carbons (Fsp3) is 0.400. The Morgan fingerprint density at radius 3 is 2.88 bits per heavy atom. The van der Waals surface area contributed by atoms with Gasteiger partial charge in [0, 0.05) is 6.08 Å². The molecule has 0 aliphatic rings. The molecular weight excluding hydrogens is 108 g/mol. The molecule has 3 heteroatoms. The van der Waals surface area contributed by atoms with Crippen molar-refractivity contribution in [3.05, 3.63) is 12.2 Å². The lowest BCUT2D eigenvalue weighted by Gasteiger charge is -1.82. The first-order chi connectivity index (χ1) is 3.81. The van der Waals surface area contributed by atoms with Gasteiger partial charge in [0.15, 0.2) is 0 Å². The molecule has 3 nitrogen and oxygen atoms in total. The Kier molecular flexibility index (Phi) is 3.88. The minimum atomic E-state index is -0.730. The Bertz CT molecular complexity index is 95.8. The van der Waals surface area contributed by atoms with Crippen molar-refractivity contribution in [1.29, 1.82) is 0 Å². The Morgan fingerprint density at radius 1 is 1.88 bits per heavy atom. The summed E-state index contributed by atoms with van der Waals surface area (Å²) in [4.78, 5) is 13.3. The van der Waals surface area contributed by atoms with E-state index in [1.807, 2.05) is 6.92 Å². The minimum Gasteiger partial charge on any atom is -0.296 e. The largest absolute Gasteiger partial charge is 0.365 e. The van der Waals surface area contributed by atoms with E-state index in [0.29, 0.717) is 0 Å². The molecule has 0 atom stereocenters. The van der Waals surface area contributed by atoms with Gasteiger partial charge in [0.25, 0.3) is 0 Å². The van der Waals surface area contributed by atoms with Crippen LogP contribution in [0.15, 0.2) is 12.2 Å².